The van der Waals surface area contributed by atoms with Gasteiger partial charge in [-0.1, -0.05) is 12.1 Å². The summed E-state index contributed by atoms with van der Waals surface area (Å²) in [6.07, 6.45) is -0.0686. The second-order valence-corrected chi connectivity index (χ2v) is 8.96. The predicted octanol–water partition coefficient (Wildman–Crippen LogP) is 4.88. The van der Waals surface area contributed by atoms with Gasteiger partial charge in [-0.2, -0.15) is 0 Å². The van der Waals surface area contributed by atoms with Crippen molar-refractivity contribution in [2.75, 3.05) is 25.2 Å². The van der Waals surface area contributed by atoms with E-state index in [1.807, 2.05) is 19.9 Å². The molecule has 37 heavy (non-hydrogen) atoms. The van der Waals surface area contributed by atoms with E-state index in [4.69, 9.17) is 18.9 Å². The topological polar surface area (TPSA) is 94.5 Å². The van der Waals surface area contributed by atoms with Gasteiger partial charge in [-0.05, 0) is 74.0 Å². The van der Waals surface area contributed by atoms with Crippen molar-refractivity contribution >= 4 is 23.1 Å². The van der Waals surface area contributed by atoms with Crippen LogP contribution in [0.4, 0.5) is 5.69 Å². The molecule has 2 aliphatic heterocycles. The fraction of sp³-hybridized carbons (Fsp3) is 0.241. The van der Waals surface area contributed by atoms with Crippen molar-refractivity contribution in [2.24, 2.45) is 0 Å². The van der Waals surface area contributed by atoms with E-state index in [2.05, 4.69) is 0 Å². The van der Waals surface area contributed by atoms with Crippen LogP contribution in [0.25, 0.3) is 5.76 Å². The number of aliphatic hydroxyl groups is 1. The van der Waals surface area contributed by atoms with E-state index < -0.39 is 17.7 Å². The minimum atomic E-state index is -0.891. The number of aliphatic hydroxyl groups excluding tert-OH is 1. The molecule has 8 heteroatoms. The lowest BCUT2D eigenvalue weighted by Gasteiger charge is -2.26. The molecule has 2 aliphatic rings. The normalized spacial score (nSPS) is 18.3. The first-order valence-electron chi connectivity index (χ1n) is 12.0. The lowest BCUT2D eigenvalue weighted by atomic mass is 9.94. The Bertz CT molecular complexity index is 1380. The highest BCUT2D eigenvalue weighted by atomic mass is 16.6. The van der Waals surface area contributed by atoms with Crippen LogP contribution < -0.4 is 23.8 Å². The average Bonchev–Trinajstić information content (AvgIpc) is 3.18. The number of ketones is 1. The van der Waals surface area contributed by atoms with Crippen LogP contribution in [0.3, 0.4) is 0 Å². The third-order valence-electron chi connectivity index (χ3n) is 6.16. The molecule has 1 amide bonds. The van der Waals surface area contributed by atoms with Gasteiger partial charge in [-0.3, -0.25) is 14.5 Å². The summed E-state index contributed by atoms with van der Waals surface area (Å²) in [5, 5.41) is 11.4. The number of carbonyl (C=O) groups excluding carboxylic acids is 2. The molecule has 8 nitrogen and oxygen atoms in total. The molecule has 2 heterocycles. The number of hydrogen-bond donors (Lipinski definition) is 1. The summed E-state index contributed by atoms with van der Waals surface area (Å²) in [7, 11) is 1.55. The molecule has 1 N–H and O–H groups in total. The van der Waals surface area contributed by atoms with Crippen LogP contribution in [0.15, 0.2) is 72.3 Å². The molecule has 0 aliphatic carbocycles. The maximum atomic E-state index is 13.4. The Kier molecular flexibility index (Phi) is 6.48. The molecule has 0 aromatic heterocycles. The Balaban J connectivity index is 1.67. The maximum absolute atomic E-state index is 13.4. The first-order chi connectivity index (χ1) is 17.9. The SMILES string of the molecule is COc1ccc(N2C(=O)C(=O)/C(=C(\O)c3ccc4c(c3)OCCO4)C2c2cccc(OC(C)C)c2)cc1. The number of fused-ring (bicyclic) bond motifs is 1. The Hall–Kier alpha value is -4.46. The number of carbonyl (C=O) groups is 2. The smallest absolute Gasteiger partial charge is 0.300 e. The molecule has 3 aromatic rings. The van der Waals surface area contributed by atoms with Gasteiger partial charge in [0.1, 0.15) is 30.5 Å². The molecule has 0 saturated carbocycles. The largest absolute Gasteiger partial charge is 0.507 e. The first kappa shape index (κ1) is 24.2. The van der Waals surface area contributed by atoms with Crippen LogP contribution >= 0.6 is 0 Å². The van der Waals surface area contributed by atoms with Crippen molar-refractivity contribution in [1.29, 1.82) is 0 Å². The molecule has 1 fully saturated rings. The number of benzene rings is 3. The van der Waals surface area contributed by atoms with Gasteiger partial charge in [-0.15, -0.1) is 0 Å². The van der Waals surface area contributed by atoms with Crippen molar-refractivity contribution in [1.82, 2.24) is 0 Å². The molecular weight excluding hydrogens is 474 g/mol. The first-order valence-corrected chi connectivity index (χ1v) is 12.0. The standard InChI is InChI=1S/C29H27NO7/c1-17(2)37-22-6-4-5-18(15-22)26-25(27(31)19-7-12-23-24(16-19)36-14-13-35-23)28(32)29(33)30(26)20-8-10-21(34-3)11-9-20/h4-12,15-17,26,31H,13-14H2,1-3H3/b27-25-. The average molecular weight is 502 g/mol. The second-order valence-electron chi connectivity index (χ2n) is 8.96. The van der Waals surface area contributed by atoms with Crippen LogP contribution in [-0.2, 0) is 9.59 Å². The second kappa shape index (κ2) is 9.89. The quantitative estimate of drug-likeness (QED) is 0.292. The monoisotopic (exact) mass is 501 g/mol. The maximum Gasteiger partial charge on any atom is 0.300 e. The summed E-state index contributed by atoms with van der Waals surface area (Å²) in [6.45, 7) is 4.64. The lowest BCUT2D eigenvalue weighted by Crippen LogP contribution is -2.29. The zero-order valence-electron chi connectivity index (χ0n) is 20.8. The molecule has 3 aromatic carbocycles. The molecule has 190 valence electrons. The Morgan fingerprint density at radius 2 is 1.68 bits per heavy atom. The fourth-order valence-corrected chi connectivity index (χ4v) is 4.53. The van der Waals surface area contributed by atoms with Crippen LogP contribution in [0.5, 0.6) is 23.0 Å². The van der Waals surface area contributed by atoms with E-state index in [1.165, 1.54) is 4.90 Å². The van der Waals surface area contributed by atoms with Crippen molar-refractivity contribution in [3.63, 3.8) is 0 Å². The minimum absolute atomic E-state index is 0.0285. The van der Waals surface area contributed by atoms with Gasteiger partial charge < -0.3 is 24.1 Å². The van der Waals surface area contributed by atoms with Gasteiger partial charge in [0.15, 0.2) is 11.5 Å². The summed E-state index contributed by atoms with van der Waals surface area (Å²) in [4.78, 5) is 28.2. The van der Waals surface area contributed by atoms with Gasteiger partial charge in [-0.25, -0.2) is 0 Å². The number of rotatable bonds is 6. The number of Topliss-reactive ketones (excluding diaryl/α,β-unsaturated/α-hetero) is 1. The molecule has 1 atom stereocenters. The van der Waals surface area contributed by atoms with Gasteiger partial charge in [0.2, 0.25) is 0 Å². The molecule has 1 saturated heterocycles. The molecule has 0 spiro atoms. The highest BCUT2D eigenvalue weighted by Gasteiger charge is 2.47. The van der Waals surface area contributed by atoms with E-state index in [1.54, 1.807) is 67.8 Å². The van der Waals surface area contributed by atoms with Gasteiger partial charge in [0, 0.05) is 11.3 Å². The predicted molar refractivity (Wildman–Crippen MR) is 137 cm³/mol. The summed E-state index contributed by atoms with van der Waals surface area (Å²) in [5.74, 6) is 0.382. The Labute approximate surface area is 214 Å². The van der Waals surface area contributed by atoms with E-state index >= 15 is 0 Å². The lowest BCUT2D eigenvalue weighted by molar-refractivity contribution is -0.132. The summed E-state index contributed by atoms with van der Waals surface area (Å²) in [6, 6.07) is 18.1. The van der Waals surface area contributed by atoms with E-state index in [-0.39, 0.29) is 17.4 Å². The third kappa shape index (κ3) is 4.58. The number of methoxy groups -OCH3 is 1. The Morgan fingerprint density at radius 3 is 2.38 bits per heavy atom. The van der Waals surface area contributed by atoms with Crippen molar-refractivity contribution in [3.05, 3.63) is 83.4 Å². The number of ether oxygens (including phenoxy) is 4. The molecule has 0 radical (unpaired) electrons. The van der Waals surface area contributed by atoms with Gasteiger partial charge in [0.05, 0.1) is 24.8 Å². The molecule has 0 bridgehead atoms. The van der Waals surface area contributed by atoms with Crippen molar-refractivity contribution < 1.29 is 33.6 Å². The highest BCUT2D eigenvalue weighted by molar-refractivity contribution is 6.51. The van der Waals surface area contributed by atoms with Gasteiger partial charge >= 0.3 is 0 Å². The fourth-order valence-electron chi connectivity index (χ4n) is 4.53. The van der Waals surface area contributed by atoms with E-state index in [0.717, 1.165) is 0 Å². The molecular formula is C29H27NO7. The number of hydrogen-bond acceptors (Lipinski definition) is 7. The van der Waals surface area contributed by atoms with Crippen LogP contribution in [0.2, 0.25) is 0 Å². The van der Waals surface area contributed by atoms with Gasteiger partial charge in [0.25, 0.3) is 11.7 Å². The van der Waals surface area contributed by atoms with E-state index in [9.17, 15) is 14.7 Å². The third-order valence-corrected chi connectivity index (χ3v) is 6.16. The molecule has 5 rings (SSSR count). The van der Waals surface area contributed by atoms with Crippen LogP contribution in [0.1, 0.15) is 31.0 Å². The summed E-state index contributed by atoms with van der Waals surface area (Å²) < 4.78 is 22.3. The Morgan fingerprint density at radius 1 is 0.946 bits per heavy atom. The highest BCUT2D eigenvalue weighted by Crippen LogP contribution is 2.44. The van der Waals surface area contributed by atoms with Crippen molar-refractivity contribution in [2.45, 2.75) is 26.0 Å². The van der Waals surface area contributed by atoms with Crippen molar-refractivity contribution in [3.8, 4) is 23.0 Å². The van der Waals surface area contributed by atoms with Crippen LogP contribution in [0, 0.1) is 0 Å². The number of nitrogens with zero attached hydrogens (tertiary/aromatic N) is 1. The van der Waals surface area contributed by atoms with Crippen LogP contribution in [-0.4, -0.2) is 43.2 Å². The zero-order chi connectivity index (χ0) is 26.1. The minimum Gasteiger partial charge on any atom is -0.507 e. The van der Waals surface area contributed by atoms with E-state index in [0.29, 0.717) is 53.0 Å². The number of anilines is 1. The molecule has 1 unspecified atom stereocenters. The summed E-state index contributed by atoms with van der Waals surface area (Å²) >= 11 is 0. The zero-order valence-corrected chi connectivity index (χ0v) is 20.8. The number of amides is 1. The summed E-state index contributed by atoms with van der Waals surface area (Å²) in [5.41, 5.74) is 1.42.